The number of hydrogen-bond donors (Lipinski definition) is 2. The van der Waals surface area contributed by atoms with E-state index in [1.165, 1.54) is 6.33 Å². The van der Waals surface area contributed by atoms with Crippen molar-refractivity contribution >= 4 is 92.4 Å². The Labute approximate surface area is 255 Å². The summed E-state index contributed by atoms with van der Waals surface area (Å²) in [6.07, 6.45) is 6.69. The molecular formula is C26H23Br2ClN8S2. The fourth-order valence-corrected chi connectivity index (χ4v) is 5.44. The molecule has 0 aliphatic carbocycles. The molecule has 3 N–H and O–H groups in total. The van der Waals surface area contributed by atoms with Gasteiger partial charge >= 0.3 is 0 Å². The van der Waals surface area contributed by atoms with Crippen molar-refractivity contribution in [1.29, 1.82) is 0 Å². The molecule has 0 fully saturated rings. The monoisotopic (exact) mass is 704 g/mol. The number of nitrogens with two attached hydrogens (primary N) is 1. The fraction of sp³-hybridized carbons (Fsp3) is 0.154. The second kappa shape index (κ2) is 14.1. The van der Waals surface area contributed by atoms with Gasteiger partial charge in [-0.15, -0.1) is 22.7 Å². The Morgan fingerprint density at radius 1 is 0.744 bits per heavy atom. The van der Waals surface area contributed by atoms with Crippen molar-refractivity contribution < 1.29 is 0 Å². The van der Waals surface area contributed by atoms with Crippen molar-refractivity contribution in [3.8, 4) is 0 Å². The molecule has 0 saturated carbocycles. The molecule has 6 aromatic heterocycles. The summed E-state index contributed by atoms with van der Waals surface area (Å²) in [4.78, 5) is 26.6. The van der Waals surface area contributed by atoms with Gasteiger partial charge in [0.2, 0.25) is 0 Å². The van der Waals surface area contributed by atoms with E-state index in [0.29, 0.717) is 5.15 Å². The fourth-order valence-electron chi connectivity index (χ4n) is 3.25. The highest BCUT2D eigenvalue weighted by Gasteiger charge is 2.10. The molecule has 0 bridgehead atoms. The van der Waals surface area contributed by atoms with Crippen molar-refractivity contribution in [2.45, 2.75) is 25.9 Å². The molecule has 6 aromatic rings. The zero-order valence-electron chi connectivity index (χ0n) is 20.8. The number of aromatic nitrogens is 6. The summed E-state index contributed by atoms with van der Waals surface area (Å²) in [6.45, 7) is 4.02. The summed E-state index contributed by atoms with van der Waals surface area (Å²) in [6, 6.07) is 12.0. The van der Waals surface area contributed by atoms with E-state index in [9.17, 15) is 0 Å². The Balaban J connectivity index is 0.000000149. The molecule has 0 unspecified atom stereocenters. The second-order valence-corrected chi connectivity index (χ2v) is 11.9. The Morgan fingerprint density at radius 2 is 1.31 bits per heavy atom. The third kappa shape index (κ3) is 8.19. The van der Waals surface area contributed by atoms with Gasteiger partial charge in [-0.1, -0.05) is 23.7 Å². The molecule has 0 spiro atoms. The first-order chi connectivity index (χ1) is 18.8. The predicted molar refractivity (Wildman–Crippen MR) is 168 cm³/mol. The van der Waals surface area contributed by atoms with Gasteiger partial charge in [0.25, 0.3) is 0 Å². The lowest BCUT2D eigenvalue weighted by Gasteiger charge is -2.15. The van der Waals surface area contributed by atoms with E-state index >= 15 is 0 Å². The van der Waals surface area contributed by atoms with Gasteiger partial charge in [-0.3, -0.25) is 0 Å². The normalized spacial score (nSPS) is 12.2. The van der Waals surface area contributed by atoms with Crippen molar-refractivity contribution in [2.75, 3.05) is 5.32 Å². The van der Waals surface area contributed by atoms with Gasteiger partial charge in [-0.05, 0) is 91.9 Å². The molecular weight excluding hydrogens is 684 g/mol. The summed E-state index contributed by atoms with van der Waals surface area (Å²) >= 11 is 15.5. The van der Waals surface area contributed by atoms with Crippen molar-refractivity contribution in [2.24, 2.45) is 5.73 Å². The van der Waals surface area contributed by atoms with Crippen LogP contribution in [0.1, 0.15) is 37.1 Å². The van der Waals surface area contributed by atoms with Crippen LogP contribution in [0.5, 0.6) is 0 Å². The highest BCUT2D eigenvalue weighted by molar-refractivity contribution is 9.10. The van der Waals surface area contributed by atoms with E-state index in [1.54, 1.807) is 35.2 Å². The largest absolute Gasteiger partial charge is 0.363 e. The molecule has 8 nitrogen and oxygen atoms in total. The van der Waals surface area contributed by atoms with Gasteiger partial charge in [0.1, 0.15) is 42.5 Å². The molecule has 39 heavy (non-hydrogen) atoms. The number of rotatable bonds is 4. The SMILES string of the molecule is C[C@H](N)c1ccc(Br)nc1.C[C@H](Nc1ncnc2sccc12)c1ccc(Br)nc1.Clc1ncnc2sccc12. The lowest BCUT2D eigenvalue weighted by molar-refractivity contribution is 0.810. The van der Waals surface area contributed by atoms with E-state index in [0.717, 1.165) is 46.6 Å². The number of nitrogens with zero attached hydrogens (tertiary/aromatic N) is 6. The van der Waals surface area contributed by atoms with Crippen LogP contribution in [0, 0.1) is 0 Å². The first-order valence-corrected chi connectivity index (χ1v) is 15.3. The first kappa shape index (κ1) is 29.4. The quantitative estimate of drug-likeness (QED) is 0.139. The van der Waals surface area contributed by atoms with Crippen LogP contribution in [-0.2, 0) is 0 Å². The molecule has 6 heterocycles. The van der Waals surface area contributed by atoms with Crippen molar-refractivity contribution in [3.05, 3.63) is 97.7 Å². The highest BCUT2D eigenvalue weighted by atomic mass is 79.9. The number of halogens is 3. The van der Waals surface area contributed by atoms with Crippen LogP contribution in [0.25, 0.3) is 20.4 Å². The van der Waals surface area contributed by atoms with Crippen molar-refractivity contribution in [3.63, 3.8) is 0 Å². The minimum absolute atomic E-state index is 0.0700. The molecule has 200 valence electrons. The number of nitrogens with one attached hydrogen (secondary N) is 1. The average Bonchev–Trinajstić information content (AvgIpc) is 3.61. The summed E-state index contributed by atoms with van der Waals surface area (Å²) in [5, 5.41) is 9.91. The minimum Gasteiger partial charge on any atom is -0.363 e. The number of hydrogen-bond acceptors (Lipinski definition) is 10. The summed E-state index contributed by atoms with van der Waals surface area (Å²) in [5.41, 5.74) is 7.78. The number of pyridine rings is 2. The van der Waals surface area contributed by atoms with E-state index < -0.39 is 0 Å². The summed E-state index contributed by atoms with van der Waals surface area (Å²) < 4.78 is 1.68. The molecule has 0 amide bonds. The van der Waals surface area contributed by atoms with Crippen LogP contribution in [0.2, 0.25) is 5.15 Å². The lowest BCUT2D eigenvalue weighted by Crippen LogP contribution is -2.08. The minimum atomic E-state index is 0.0700. The lowest BCUT2D eigenvalue weighted by atomic mass is 10.1. The Bertz CT molecular complexity index is 1630. The third-order valence-corrected chi connectivity index (χ3v) is 8.24. The van der Waals surface area contributed by atoms with Crippen LogP contribution in [-0.4, -0.2) is 29.9 Å². The maximum Gasteiger partial charge on any atom is 0.141 e. The van der Waals surface area contributed by atoms with Crippen LogP contribution in [0.4, 0.5) is 5.82 Å². The predicted octanol–water partition coefficient (Wildman–Crippen LogP) is 8.23. The van der Waals surface area contributed by atoms with E-state index in [-0.39, 0.29) is 12.1 Å². The number of fused-ring (bicyclic) bond motifs is 2. The van der Waals surface area contributed by atoms with Crippen LogP contribution < -0.4 is 11.1 Å². The van der Waals surface area contributed by atoms with Gasteiger partial charge < -0.3 is 11.1 Å². The molecule has 0 aromatic carbocycles. The van der Waals surface area contributed by atoms with Crippen LogP contribution in [0.15, 0.2) is 81.4 Å². The Hall–Kier alpha value is -2.61. The molecule has 0 saturated heterocycles. The molecule has 2 atom stereocenters. The number of thiophene rings is 2. The molecule has 0 aliphatic rings. The first-order valence-electron chi connectivity index (χ1n) is 11.6. The molecule has 0 radical (unpaired) electrons. The second-order valence-electron chi connectivity index (χ2n) is 8.15. The molecule has 0 aliphatic heterocycles. The zero-order chi connectivity index (χ0) is 27.8. The van der Waals surface area contributed by atoms with Crippen molar-refractivity contribution in [1.82, 2.24) is 29.9 Å². The van der Waals surface area contributed by atoms with Gasteiger partial charge in [0.05, 0.1) is 11.4 Å². The Morgan fingerprint density at radius 3 is 1.87 bits per heavy atom. The number of anilines is 1. The van der Waals surface area contributed by atoms with E-state index in [2.05, 4.69) is 74.0 Å². The maximum absolute atomic E-state index is 5.75. The molecule has 6 rings (SSSR count). The topological polar surface area (TPSA) is 115 Å². The Kier molecular flexibility index (Phi) is 10.7. The smallest absolute Gasteiger partial charge is 0.141 e. The van der Waals surface area contributed by atoms with Crippen LogP contribution in [0.3, 0.4) is 0 Å². The standard InChI is InChI=1S/C13H11BrN4S.C7H9BrN2.C6H3ClN2S/c1-8(9-2-3-11(14)15-6-9)18-12-10-4-5-19-13(10)17-7-16-12;1-5(9)6-2-3-7(8)10-4-6;7-5-4-1-2-10-6(4)9-3-8-5/h2-8H,1H3,(H,16,17,18);2-5H,9H2,1H3;1-3H/t8-;5-;/m00./s1. The van der Waals surface area contributed by atoms with Gasteiger partial charge in [0.15, 0.2) is 0 Å². The van der Waals surface area contributed by atoms with Gasteiger partial charge in [0, 0.05) is 23.8 Å². The van der Waals surface area contributed by atoms with E-state index in [1.807, 2.05) is 60.3 Å². The van der Waals surface area contributed by atoms with Gasteiger partial charge in [-0.25, -0.2) is 29.9 Å². The average molecular weight is 707 g/mol. The van der Waals surface area contributed by atoms with E-state index in [4.69, 9.17) is 17.3 Å². The summed E-state index contributed by atoms with van der Waals surface area (Å²) in [7, 11) is 0. The highest BCUT2D eigenvalue weighted by Crippen LogP contribution is 2.27. The van der Waals surface area contributed by atoms with Gasteiger partial charge in [-0.2, -0.15) is 0 Å². The zero-order valence-corrected chi connectivity index (χ0v) is 26.4. The third-order valence-electron chi connectivity index (χ3n) is 5.35. The molecule has 13 heteroatoms. The van der Waals surface area contributed by atoms with Crippen LogP contribution >= 0.6 is 66.1 Å². The summed E-state index contributed by atoms with van der Waals surface area (Å²) in [5.74, 6) is 0.863. The maximum atomic E-state index is 5.75.